The normalized spacial score (nSPS) is 11.3. The van der Waals surface area contributed by atoms with Gasteiger partial charge in [-0.25, -0.2) is 4.98 Å². The van der Waals surface area contributed by atoms with Gasteiger partial charge in [0, 0.05) is 24.4 Å². The van der Waals surface area contributed by atoms with E-state index >= 15 is 0 Å². The molecule has 7 heteroatoms. The highest BCUT2D eigenvalue weighted by Crippen LogP contribution is 2.32. The first kappa shape index (κ1) is 23.6. The number of fused-ring (bicyclic) bond motifs is 1. The Morgan fingerprint density at radius 2 is 1.87 bits per heavy atom. The molecule has 3 rings (SSSR count). The number of hydrogen-bond acceptors (Lipinski definition) is 6. The number of thioether (sulfide) groups is 1. The van der Waals surface area contributed by atoms with Gasteiger partial charge in [0.25, 0.3) is 0 Å². The van der Waals surface area contributed by atoms with Crippen LogP contribution in [0.25, 0.3) is 10.2 Å². The summed E-state index contributed by atoms with van der Waals surface area (Å²) in [7, 11) is 5.73. The molecular weight excluding hydrogens is 426 g/mol. The summed E-state index contributed by atoms with van der Waals surface area (Å²) in [6.45, 7) is 5.65. The van der Waals surface area contributed by atoms with Gasteiger partial charge in [-0.3, -0.25) is 9.69 Å². The Kier molecular flexibility index (Phi) is 8.35. The van der Waals surface area contributed by atoms with E-state index in [0.29, 0.717) is 13.0 Å². The maximum atomic E-state index is 13.1. The highest BCUT2D eigenvalue weighted by atomic mass is 32.2. The average molecular weight is 458 g/mol. The van der Waals surface area contributed by atoms with Crippen molar-refractivity contribution in [3.63, 3.8) is 0 Å². The van der Waals surface area contributed by atoms with Crippen molar-refractivity contribution < 1.29 is 9.53 Å². The standard InChI is InChI=1S/C24H31N3O2S2/c1-17-15-18(2)23-21(16-17)25-24(31-23)27(13-12-26(3)4)22(28)7-6-14-30-20-10-8-19(29-5)9-11-20/h8-11,15-16H,6-7,12-14H2,1-5H3. The van der Waals surface area contributed by atoms with Crippen molar-refractivity contribution in [3.05, 3.63) is 47.5 Å². The minimum atomic E-state index is 0.144. The van der Waals surface area contributed by atoms with Crippen LogP contribution in [0.1, 0.15) is 24.0 Å². The number of methoxy groups -OCH3 is 1. The van der Waals surface area contributed by atoms with Gasteiger partial charge in [-0.05, 0) is 81.6 Å². The molecule has 31 heavy (non-hydrogen) atoms. The summed E-state index contributed by atoms with van der Waals surface area (Å²) in [6, 6.07) is 12.3. The Balaban J connectivity index is 1.65. The first-order valence-corrected chi connectivity index (χ1v) is 12.3. The van der Waals surface area contributed by atoms with Gasteiger partial charge in [-0.15, -0.1) is 11.8 Å². The maximum absolute atomic E-state index is 13.1. The summed E-state index contributed by atoms with van der Waals surface area (Å²) >= 11 is 3.39. The van der Waals surface area contributed by atoms with E-state index in [1.165, 1.54) is 20.7 Å². The van der Waals surface area contributed by atoms with Crippen LogP contribution in [0, 0.1) is 13.8 Å². The summed E-state index contributed by atoms with van der Waals surface area (Å²) in [4.78, 5) is 23.1. The maximum Gasteiger partial charge on any atom is 0.228 e. The summed E-state index contributed by atoms with van der Waals surface area (Å²) in [5.41, 5.74) is 3.40. The molecule has 0 aliphatic rings. The Bertz CT molecular complexity index is 1020. The molecule has 0 aliphatic carbocycles. The molecule has 0 aliphatic heterocycles. The molecule has 0 bridgehead atoms. The second kappa shape index (κ2) is 11.0. The van der Waals surface area contributed by atoms with Gasteiger partial charge in [0.15, 0.2) is 5.13 Å². The molecule has 1 aromatic heterocycles. The highest BCUT2D eigenvalue weighted by Gasteiger charge is 2.20. The van der Waals surface area contributed by atoms with Gasteiger partial charge in [0.2, 0.25) is 5.91 Å². The Hall–Kier alpha value is -2.09. The van der Waals surface area contributed by atoms with Gasteiger partial charge in [-0.1, -0.05) is 17.4 Å². The predicted molar refractivity (Wildman–Crippen MR) is 133 cm³/mol. The molecule has 1 amide bonds. The number of amides is 1. The number of nitrogens with zero attached hydrogens (tertiary/aromatic N) is 3. The lowest BCUT2D eigenvalue weighted by Crippen LogP contribution is -2.36. The van der Waals surface area contributed by atoms with Crippen LogP contribution in [0.5, 0.6) is 5.75 Å². The van der Waals surface area contributed by atoms with Crippen molar-refractivity contribution in [2.24, 2.45) is 0 Å². The first-order chi connectivity index (χ1) is 14.9. The zero-order valence-electron chi connectivity index (χ0n) is 19.0. The van der Waals surface area contributed by atoms with Crippen molar-refractivity contribution in [1.29, 1.82) is 0 Å². The van der Waals surface area contributed by atoms with E-state index < -0.39 is 0 Å². The second-order valence-corrected chi connectivity index (χ2v) is 10.0. The fraction of sp³-hybridized carbons (Fsp3) is 0.417. The number of carbonyl (C=O) groups excluding carboxylic acids is 1. The highest BCUT2D eigenvalue weighted by molar-refractivity contribution is 7.99. The molecule has 0 atom stereocenters. The lowest BCUT2D eigenvalue weighted by Gasteiger charge is -2.22. The van der Waals surface area contributed by atoms with Crippen molar-refractivity contribution in [2.45, 2.75) is 31.6 Å². The molecule has 166 valence electrons. The number of thiazole rings is 1. The summed E-state index contributed by atoms with van der Waals surface area (Å²) < 4.78 is 6.37. The number of benzene rings is 2. The number of carbonyl (C=O) groups is 1. The van der Waals surface area contributed by atoms with E-state index in [9.17, 15) is 4.79 Å². The van der Waals surface area contributed by atoms with E-state index in [0.717, 1.165) is 35.1 Å². The van der Waals surface area contributed by atoms with E-state index in [2.05, 4.69) is 43.0 Å². The molecule has 1 heterocycles. The summed E-state index contributed by atoms with van der Waals surface area (Å²) in [5, 5.41) is 0.804. The lowest BCUT2D eigenvalue weighted by molar-refractivity contribution is -0.118. The zero-order chi connectivity index (χ0) is 22.4. The number of hydrogen-bond donors (Lipinski definition) is 0. The van der Waals surface area contributed by atoms with Crippen LogP contribution < -0.4 is 9.64 Å². The number of aromatic nitrogens is 1. The Morgan fingerprint density at radius 1 is 1.13 bits per heavy atom. The van der Waals surface area contributed by atoms with Gasteiger partial charge >= 0.3 is 0 Å². The zero-order valence-corrected chi connectivity index (χ0v) is 20.6. The topological polar surface area (TPSA) is 45.7 Å². The van der Waals surface area contributed by atoms with Gasteiger partial charge in [0.1, 0.15) is 5.75 Å². The third-order valence-electron chi connectivity index (χ3n) is 4.97. The summed E-state index contributed by atoms with van der Waals surface area (Å²) in [5.74, 6) is 1.90. The fourth-order valence-corrected chi connectivity index (χ4v) is 5.24. The van der Waals surface area contributed by atoms with Gasteiger partial charge in [0.05, 0.1) is 17.3 Å². The molecule has 0 saturated heterocycles. The van der Waals surface area contributed by atoms with Crippen molar-refractivity contribution in [3.8, 4) is 5.75 Å². The molecular formula is C24H31N3O2S2. The van der Waals surface area contributed by atoms with Crippen LogP contribution in [0.2, 0.25) is 0 Å². The van der Waals surface area contributed by atoms with Gasteiger partial charge in [-0.2, -0.15) is 0 Å². The van der Waals surface area contributed by atoms with Crippen LogP contribution >= 0.6 is 23.1 Å². The van der Waals surface area contributed by atoms with Crippen molar-refractivity contribution >= 4 is 44.4 Å². The molecule has 0 spiro atoms. The summed E-state index contributed by atoms with van der Waals surface area (Å²) in [6.07, 6.45) is 1.35. The Morgan fingerprint density at radius 3 is 2.55 bits per heavy atom. The number of ether oxygens (including phenoxy) is 1. The van der Waals surface area contributed by atoms with Crippen LogP contribution in [-0.2, 0) is 4.79 Å². The van der Waals surface area contributed by atoms with Crippen LogP contribution in [0.4, 0.5) is 5.13 Å². The first-order valence-electron chi connectivity index (χ1n) is 10.5. The largest absolute Gasteiger partial charge is 0.497 e. The minimum absolute atomic E-state index is 0.144. The minimum Gasteiger partial charge on any atom is -0.497 e. The third-order valence-corrected chi connectivity index (χ3v) is 7.30. The quantitative estimate of drug-likeness (QED) is 0.302. The third kappa shape index (κ3) is 6.45. The predicted octanol–water partition coefficient (Wildman–Crippen LogP) is 5.39. The Labute approximate surface area is 193 Å². The smallest absolute Gasteiger partial charge is 0.228 e. The number of likely N-dealkylation sites (N-methyl/N-ethyl adjacent to an activating group) is 1. The molecule has 0 radical (unpaired) electrons. The SMILES string of the molecule is COc1ccc(SCCCC(=O)N(CCN(C)C)c2nc3cc(C)cc(C)c3s2)cc1. The number of anilines is 1. The monoisotopic (exact) mass is 457 g/mol. The molecule has 0 saturated carbocycles. The van der Waals surface area contributed by atoms with Gasteiger partial charge < -0.3 is 9.64 Å². The number of aryl methyl sites for hydroxylation is 2. The lowest BCUT2D eigenvalue weighted by atomic mass is 10.1. The molecule has 3 aromatic rings. The molecule has 5 nitrogen and oxygen atoms in total. The van der Waals surface area contributed by atoms with Crippen LogP contribution in [0.3, 0.4) is 0 Å². The van der Waals surface area contributed by atoms with Crippen LogP contribution in [0.15, 0.2) is 41.3 Å². The average Bonchev–Trinajstić information content (AvgIpc) is 3.15. The number of rotatable bonds is 10. The van der Waals surface area contributed by atoms with Crippen LogP contribution in [-0.4, -0.2) is 55.8 Å². The van der Waals surface area contributed by atoms with Crippen molar-refractivity contribution in [1.82, 2.24) is 9.88 Å². The molecule has 0 fully saturated rings. The molecule has 0 unspecified atom stereocenters. The van der Waals surface area contributed by atoms with E-state index in [-0.39, 0.29) is 5.91 Å². The van der Waals surface area contributed by atoms with E-state index in [1.54, 1.807) is 30.2 Å². The molecule has 2 aromatic carbocycles. The second-order valence-electron chi connectivity index (χ2n) is 7.90. The fourth-order valence-electron chi connectivity index (χ4n) is 3.33. The molecule has 0 N–H and O–H groups in total. The van der Waals surface area contributed by atoms with Crippen molar-refractivity contribution in [2.75, 3.05) is 44.9 Å². The van der Waals surface area contributed by atoms with E-state index in [4.69, 9.17) is 9.72 Å². The van der Waals surface area contributed by atoms with E-state index in [1.807, 2.05) is 31.1 Å².